The molecule has 124 valence electrons. The van der Waals surface area contributed by atoms with Gasteiger partial charge in [-0.1, -0.05) is 12.1 Å². The molecular formula is C16H17F3N2OS. The Morgan fingerprint density at radius 3 is 2.52 bits per heavy atom. The lowest BCUT2D eigenvalue weighted by atomic mass is 10.1. The summed E-state index contributed by atoms with van der Waals surface area (Å²) in [5.41, 5.74) is 1.22. The molecular weight excluding hydrogens is 325 g/mol. The van der Waals surface area contributed by atoms with Crippen LogP contribution in [0.3, 0.4) is 0 Å². The van der Waals surface area contributed by atoms with Crippen LogP contribution in [0.4, 0.5) is 23.7 Å². The van der Waals surface area contributed by atoms with Crippen LogP contribution in [0.2, 0.25) is 0 Å². The lowest BCUT2D eigenvalue weighted by Crippen LogP contribution is -2.31. The number of para-hydroxylation sites is 1. The number of benzene rings is 1. The first-order chi connectivity index (χ1) is 10.8. The molecule has 0 bridgehead atoms. The van der Waals surface area contributed by atoms with Gasteiger partial charge >= 0.3 is 12.2 Å². The maximum Gasteiger partial charge on any atom is 0.418 e. The van der Waals surface area contributed by atoms with Gasteiger partial charge in [-0.2, -0.15) is 13.2 Å². The first kappa shape index (κ1) is 17.3. The van der Waals surface area contributed by atoms with Crippen molar-refractivity contribution in [2.24, 2.45) is 0 Å². The minimum atomic E-state index is -4.50. The Kier molecular flexibility index (Phi) is 5.30. The fourth-order valence-corrected chi connectivity index (χ4v) is 3.05. The van der Waals surface area contributed by atoms with Gasteiger partial charge in [0.1, 0.15) is 0 Å². The lowest BCUT2D eigenvalue weighted by Gasteiger charge is -2.14. The molecule has 0 saturated carbocycles. The summed E-state index contributed by atoms with van der Waals surface area (Å²) >= 11 is 1.64. The molecule has 0 unspecified atom stereocenters. The van der Waals surface area contributed by atoms with Crippen LogP contribution >= 0.6 is 11.3 Å². The van der Waals surface area contributed by atoms with E-state index in [2.05, 4.69) is 10.6 Å². The molecule has 0 fully saturated rings. The third kappa shape index (κ3) is 4.48. The predicted octanol–water partition coefficient (Wildman–Crippen LogP) is 4.75. The van der Waals surface area contributed by atoms with Gasteiger partial charge in [0, 0.05) is 11.4 Å². The van der Waals surface area contributed by atoms with Crippen molar-refractivity contribution in [2.45, 2.75) is 26.4 Å². The number of hydrogen-bond acceptors (Lipinski definition) is 2. The van der Waals surface area contributed by atoms with Gasteiger partial charge in [0.2, 0.25) is 0 Å². The van der Waals surface area contributed by atoms with Crippen molar-refractivity contribution in [3.05, 3.63) is 51.2 Å². The van der Waals surface area contributed by atoms with Crippen molar-refractivity contribution in [1.82, 2.24) is 5.32 Å². The van der Waals surface area contributed by atoms with E-state index >= 15 is 0 Å². The average Bonchev–Trinajstić information content (AvgIpc) is 2.79. The molecule has 0 aliphatic carbocycles. The van der Waals surface area contributed by atoms with Gasteiger partial charge in [-0.05, 0) is 48.9 Å². The van der Waals surface area contributed by atoms with Crippen molar-refractivity contribution >= 4 is 23.1 Å². The summed E-state index contributed by atoms with van der Waals surface area (Å²) in [5.74, 6) is 0. The molecule has 0 atom stereocenters. The van der Waals surface area contributed by atoms with Gasteiger partial charge < -0.3 is 10.6 Å². The standard InChI is InChI=1S/C16H17F3N2OS/c1-10-11(2)23-9-12(10)7-8-20-15(22)21-14-6-4-3-5-13(14)16(17,18)19/h3-6,9H,7-8H2,1-2H3,(H2,20,21,22). The average molecular weight is 342 g/mol. The van der Waals surface area contributed by atoms with Gasteiger partial charge in [-0.25, -0.2) is 4.79 Å². The Hall–Kier alpha value is -2.02. The molecule has 23 heavy (non-hydrogen) atoms. The maximum atomic E-state index is 12.8. The molecule has 0 aliphatic rings. The first-order valence-corrected chi connectivity index (χ1v) is 7.91. The van der Waals surface area contributed by atoms with Gasteiger partial charge in [0.25, 0.3) is 0 Å². The maximum absolute atomic E-state index is 12.8. The topological polar surface area (TPSA) is 41.1 Å². The summed E-state index contributed by atoms with van der Waals surface area (Å²) in [4.78, 5) is 13.0. The van der Waals surface area contributed by atoms with Crippen LogP contribution < -0.4 is 10.6 Å². The van der Waals surface area contributed by atoms with E-state index in [1.165, 1.54) is 28.6 Å². The number of halogens is 3. The monoisotopic (exact) mass is 342 g/mol. The van der Waals surface area contributed by atoms with E-state index in [9.17, 15) is 18.0 Å². The zero-order valence-corrected chi connectivity index (χ0v) is 13.6. The number of alkyl halides is 3. The van der Waals surface area contributed by atoms with E-state index in [-0.39, 0.29) is 5.69 Å². The highest BCUT2D eigenvalue weighted by atomic mass is 32.1. The quantitative estimate of drug-likeness (QED) is 0.827. The molecule has 0 radical (unpaired) electrons. The largest absolute Gasteiger partial charge is 0.418 e. The van der Waals surface area contributed by atoms with Crippen LogP contribution in [-0.4, -0.2) is 12.6 Å². The number of thiophene rings is 1. The zero-order chi connectivity index (χ0) is 17.0. The normalized spacial score (nSPS) is 11.3. The number of aryl methyl sites for hydroxylation is 1. The summed E-state index contributed by atoms with van der Waals surface area (Å²) in [5, 5.41) is 6.87. The third-order valence-electron chi connectivity index (χ3n) is 3.55. The summed E-state index contributed by atoms with van der Waals surface area (Å²) in [6.45, 7) is 4.40. The van der Waals surface area contributed by atoms with Gasteiger partial charge in [-0.15, -0.1) is 11.3 Å². The number of anilines is 1. The Morgan fingerprint density at radius 1 is 1.22 bits per heavy atom. The Labute approximate surface area is 136 Å². The number of rotatable bonds is 4. The van der Waals surface area contributed by atoms with Crippen LogP contribution in [0, 0.1) is 13.8 Å². The smallest absolute Gasteiger partial charge is 0.338 e. The highest BCUT2D eigenvalue weighted by Gasteiger charge is 2.33. The zero-order valence-electron chi connectivity index (χ0n) is 12.8. The van der Waals surface area contributed by atoms with E-state index in [1.54, 1.807) is 11.3 Å². The molecule has 1 aromatic heterocycles. The lowest BCUT2D eigenvalue weighted by molar-refractivity contribution is -0.136. The summed E-state index contributed by atoms with van der Waals surface area (Å²) in [6.07, 6.45) is -3.86. The SMILES string of the molecule is Cc1scc(CCNC(=O)Nc2ccccc2C(F)(F)F)c1C. The van der Waals surface area contributed by atoms with Crippen molar-refractivity contribution in [3.8, 4) is 0 Å². The molecule has 3 nitrogen and oxygen atoms in total. The van der Waals surface area contributed by atoms with Crippen molar-refractivity contribution in [1.29, 1.82) is 0 Å². The Balaban J connectivity index is 1.92. The highest BCUT2D eigenvalue weighted by Crippen LogP contribution is 2.34. The molecule has 0 saturated heterocycles. The van der Waals surface area contributed by atoms with Gasteiger partial charge in [0.05, 0.1) is 11.3 Å². The summed E-state index contributed by atoms with van der Waals surface area (Å²) in [6, 6.07) is 4.25. The second-order valence-electron chi connectivity index (χ2n) is 5.12. The van der Waals surface area contributed by atoms with Crippen molar-refractivity contribution in [3.63, 3.8) is 0 Å². The second kappa shape index (κ2) is 7.04. The number of hydrogen-bond donors (Lipinski definition) is 2. The van der Waals surface area contributed by atoms with Crippen LogP contribution in [0.15, 0.2) is 29.6 Å². The minimum absolute atomic E-state index is 0.250. The minimum Gasteiger partial charge on any atom is -0.338 e. The van der Waals surface area contributed by atoms with Crippen molar-refractivity contribution in [2.75, 3.05) is 11.9 Å². The van der Waals surface area contributed by atoms with Crippen LogP contribution in [0.1, 0.15) is 21.6 Å². The molecule has 1 aromatic carbocycles. The molecule has 0 spiro atoms. The van der Waals surface area contributed by atoms with Crippen LogP contribution in [0.5, 0.6) is 0 Å². The highest BCUT2D eigenvalue weighted by molar-refractivity contribution is 7.10. The van der Waals surface area contributed by atoms with Crippen molar-refractivity contribution < 1.29 is 18.0 Å². The molecule has 7 heteroatoms. The number of carbonyl (C=O) groups excluding carboxylic acids is 1. The third-order valence-corrected chi connectivity index (χ3v) is 4.61. The number of carbonyl (C=O) groups is 1. The molecule has 2 rings (SSSR count). The van der Waals surface area contributed by atoms with Gasteiger partial charge in [-0.3, -0.25) is 0 Å². The van der Waals surface area contributed by atoms with Gasteiger partial charge in [0.15, 0.2) is 0 Å². The molecule has 2 aromatic rings. The van der Waals surface area contributed by atoms with E-state index in [0.29, 0.717) is 13.0 Å². The summed E-state index contributed by atoms with van der Waals surface area (Å²) < 4.78 is 38.5. The van der Waals surface area contributed by atoms with E-state index in [4.69, 9.17) is 0 Å². The van der Waals surface area contributed by atoms with E-state index in [0.717, 1.165) is 11.6 Å². The number of amides is 2. The molecule has 2 N–H and O–H groups in total. The number of nitrogens with one attached hydrogen (secondary N) is 2. The first-order valence-electron chi connectivity index (χ1n) is 7.03. The fraction of sp³-hybridized carbons (Fsp3) is 0.312. The Bertz CT molecular complexity index is 695. The fourth-order valence-electron chi connectivity index (χ4n) is 2.13. The Morgan fingerprint density at radius 2 is 1.91 bits per heavy atom. The molecule has 2 amide bonds. The van der Waals surface area contributed by atoms with Crippen LogP contribution in [0.25, 0.3) is 0 Å². The second-order valence-corrected chi connectivity index (χ2v) is 6.20. The van der Waals surface area contributed by atoms with Crippen LogP contribution in [-0.2, 0) is 12.6 Å². The molecule has 1 heterocycles. The summed E-state index contributed by atoms with van der Waals surface area (Å²) in [7, 11) is 0. The number of urea groups is 1. The van der Waals surface area contributed by atoms with E-state index in [1.807, 2.05) is 19.2 Å². The predicted molar refractivity (Wildman–Crippen MR) is 86.0 cm³/mol. The molecule has 0 aliphatic heterocycles. The van der Waals surface area contributed by atoms with E-state index < -0.39 is 17.8 Å².